The zero-order chi connectivity index (χ0) is 15.2. The summed E-state index contributed by atoms with van der Waals surface area (Å²) in [6.45, 7) is -0.221. The lowest BCUT2D eigenvalue weighted by Crippen LogP contribution is -2.38. The third-order valence-corrected chi connectivity index (χ3v) is 2.30. The van der Waals surface area contributed by atoms with Gasteiger partial charge in [0, 0.05) is 13.1 Å². The predicted octanol–water partition coefficient (Wildman–Crippen LogP) is 1.62. The average Bonchev–Trinajstić information content (AvgIpc) is 2.37. The molecule has 2 amide bonds. The lowest BCUT2D eigenvalue weighted by atomic mass is 10.2. The molecule has 0 bridgehead atoms. The smallest absolute Gasteiger partial charge is 0.352 e. The van der Waals surface area contributed by atoms with Gasteiger partial charge < -0.3 is 10.6 Å². The summed E-state index contributed by atoms with van der Waals surface area (Å²) in [5.41, 5.74) is -0.146. The molecule has 1 aromatic carbocycles. The summed E-state index contributed by atoms with van der Waals surface area (Å²) in [6.07, 6.45) is -4.82. The van der Waals surface area contributed by atoms with Crippen molar-refractivity contribution in [2.45, 2.75) is 12.6 Å². The molecule has 0 heterocycles. The minimum atomic E-state index is -4.92. The van der Waals surface area contributed by atoms with Gasteiger partial charge in [-0.05, 0) is 18.6 Å². The summed E-state index contributed by atoms with van der Waals surface area (Å²) in [5, 5.41) is 4.00. The summed E-state index contributed by atoms with van der Waals surface area (Å²) >= 11 is 0. The first-order valence-corrected chi connectivity index (χ1v) is 5.70. The van der Waals surface area contributed by atoms with Crippen LogP contribution in [0.3, 0.4) is 0 Å². The number of alkyl halides is 3. The highest BCUT2D eigenvalue weighted by Crippen LogP contribution is 2.13. The molecule has 0 saturated carbocycles. The molecule has 0 aliphatic carbocycles. The van der Waals surface area contributed by atoms with Crippen LogP contribution < -0.4 is 10.6 Å². The van der Waals surface area contributed by atoms with Crippen molar-refractivity contribution in [3.63, 3.8) is 0 Å². The monoisotopic (exact) mass is 292 g/mol. The van der Waals surface area contributed by atoms with Crippen LogP contribution in [0, 0.1) is 5.82 Å². The van der Waals surface area contributed by atoms with E-state index in [1.54, 1.807) is 5.32 Å². The molecule has 0 aliphatic heterocycles. The van der Waals surface area contributed by atoms with Crippen molar-refractivity contribution < 1.29 is 27.2 Å². The summed E-state index contributed by atoms with van der Waals surface area (Å²) in [7, 11) is 0. The van der Waals surface area contributed by atoms with E-state index >= 15 is 0 Å². The van der Waals surface area contributed by atoms with Crippen LogP contribution in [0.5, 0.6) is 0 Å². The molecule has 4 nitrogen and oxygen atoms in total. The molecular formula is C12H12F4N2O2. The van der Waals surface area contributed by atoms with Gasteiger partial charge in [0.15, 0.2) is 0 Å². The van der Waals surface area contributed by atoms with E-state index < -0.39 is 23.8 Å². The van der Waals surface area contributed by atoms with Gasteiger partial charge in [0.2, 0.25) is 0 Å². The van der Waals surface area contributed by atoms with Crippen LogP contribution >= 0.6 is 0 Å². The Morgan fingerprint density at radius 2 is 1.65 bits per heavy atom. The van der Waals surface area contributed by atoms with Crippen molar-refractivity contribution >= 4 is 11.8 Å². The molecule has 0 aromatic heterocycles. The first-order chi connectivity index (χ1) is 9.32. The molecule has 0 spiro atoms. The van der Waals surface area contributed by atoms with Crippen molar-refractivity contribution in [3.8, 4) is 0 Å². The number of hydrogen-bond acceptors (Lipinski definition) is 2. The van der Waals surface area contributed by atoms with Crippen LogP contribution in [0.4, 0.5) is 17.6 Å². The molecule has 1 aromatic rings. The quantitative estimate of drug-likeness (QED) is 0.640. The van der Waals surface area contributed by atoms with Gasteiger partial charge in [-0.3, -0.25) is 9.59 Å². The van der Waals surface area contributed by atoms with Crippen molar-refractivity contribution in [3.05, 3.63) is 35.6 Å². The number of benzene rings is 1. The van der Waals surface area contributed by atoms with Crippen molar-refractivity contribution in [1.82, 2.24) is 10.6 Å². The zero-order valence-corrected chi connectivity index (χ0v) is 10.3. The Hall–Kier alpha value is -2.12. The molecule has 2 N–H and O–H groups in total. The van der Waals surface area contributed by atoms with E-state index in [0.29, 0.717) is 0 Å². The number of halogens is 4. The first kappa shape index (κ1) is 15.9. The summed E-state index contributed by atoms with van der Waals surface area (Å²) < 4.78 is 48.7. The Labute approximate surface area is 112 Å². The van der Waals surface area contributed by atoms with Crippen LogP contribution in [0.25, 0.3) is 0 Å². The fourth-order valence-electron chi connectivity index (χ4n) is 1.33. The molecule has 0 saturated heterocycles. The van der Waals surface area contributed by atoms with Gasteiger partial charge in [0.05, 0.1) is 5.56 Å². The normalized spacial score (nSPS) is 11.0. The Bertz CT molecular complexity index is 489. The molecule has 0 unspecified atom stereocenters. The molecule has 0 atom stereocenters. The molecule has 1 rings (SSSR count). The maximum atomic E-state index is 13.2. The van der Waals surface area contributed by atoms with Crippen LogP contribution in [-0.4, -0.2) is 31.1 Å². The van der Waals surface area contributed by atoms with E-state index in [9.17, 15) is 27.2 Å². The number of nitrogens with one attached hydrogen (secondary N) is 2. The maximum Gasteiger partial charge on any atom is 0.471 e. The van der Waals surface area contributed by atoms with E-state index in [2.05, 4.69) is 5.32 Å². The fraction of sp³-hybridized carbons (Fsp3) is 0.333. The summed E-state index contributed by atoms with van der Waals surface area (Å²) in [6, 6.07) is 5.33. The highest BCUT2D eigenvalue weighted by atomic mass is 19.4. The minimum absolute atomic E-state index is 0.0192. The van der Waals surface area contributed by atoms with Gasteiger partial charge in [0.25, 0.3) is 5.91 Å². The lowest BCUT2D eigenvalue weighted by Gasteiger charge is -2.08. The zero-order valence-electron chi connectivity index (χ0n) is 10.3. The van der Waals surface area contributed by atoms with Gasteiger partial charge in [-0.25, -0.2) is 4.39 Å². The standard InChI is InChI=1S/C12H12F4N2O2/c13-9-5-2-1-4-8(9)10(19)17-6-3-7-18-11(20)12(14,15)16/h1-2,4-5H,3,6-7H2,(H,17,19)(H,18,20). The lowest BCUT2D eigenvalue weighted by molar-refractivity contribution is -0.173. The molecule has 20 heavy (non-hydrogen) atoms. The number of rotatable bonds is 5. The summed E-state index contributed by atoms with van der Waals surface area (Å²) in [4.78, 5) is 22.0. The number of hydrogen-bond donors (Lipinski definition) is 2. The molecule has 0 radical (unpaired) electrons. The second-order valence-electron chi connectivity index (χ2n) is 3.84. The van der Waals surface area contributed by atoms with Gasteiger partial charge in [-0.1, -0.05) is 12.1 Å². The van der Waals surface area contributed by atoms with E-state index in [0.717, 1.165) is 6.07 Å². The molecule has 110 valence electrons. The molecule has 0 aliphatic rings. The van der Waals surface area contributed by atoms with E-state index in [1.807, 2.05) is 0 Å². The Balaban J connectivity index is 2.27. The third kappa shape index (κ3) is 4.87. The number of amides is 2. The SMILES string of the molecule is O=C(NCCCNC(=O)C(F)(F)F)c1ccccc1F. The van der Waals surface area contributed by atoms with Crippen LogP contribution in [0.2, 0.25) is 0 Å². The largest absolute Gasteiger partial charge is 0.471 e. The first-order valence-electron chi connectivity index (χ1n) is 5.70. The van der Waals surface area contributed by atoms with Gasteiger partial charge in [-0.2, -0.15) is 13.2 Å². The minimum Gasteiger partial charge on any atom is -0.352 e. The van der Waals surface area contributed by atoms with E-state index in [4.69, 9.17) is 0 Å². The average molecular weight is 292 g/mol. The number of carbonyl (C=O) groups is 2. The van der Waals surface area contributed by atoms with Gasteiger partial charge >= 0.3 is 12.1 Å². The Morgan fingerprint density at radius 1 is 1.05 bits per heavy atom. The third-order valence-electron chi connectivity index (χ3n) is 2.30. The van der Waals surface area contributed by atoms with Gasteiger partial charge in [-0.15, -0.1) is 0 Å². The topological polar surface area (TPSA) is 58.2 Å². The fourth-order valence-corrected chi connectivity index (χ4v) is 1.33. The van der Waals surface area contributed by atoms with Crippen molar-refractivity contribution in [1.29, 1.82) is 0 Å². The summed E-state index contributed by atoms with van der Waals surface area (Å²) in [5.74, 6) is -3.38. The maximum absolute atomic E-state index is 13.2. The second kappa shape index (κ2) is 6.88. The van der Waals surface area contributed by atoms with Crippen molar-refractivity contribution in [2.24, 2.45) is 0 Å². The molecule has 8 heteroatoms. The highest BCUT2D eigenvalue weighted by Gasteiger charge is 2.38. The van der Waals surface area contributed by atoms with E-state index in [-0.39, 0.29) is 25.1 Å². The van der Waals surface area contributed by atoms with Crippen molar-refractivity contribution in [2.75, 3.05) is 13.1 Å². The Kier molecular flexibility index (Phi) is 5.48. The molecule has 0 fully saturated rings. The highest BCUT2D eigenvalue weighted by molar-refractivity contribution is 5.94. The van der Waals surface area contributed by atoms with Crippen LogP contribution in [0.1, 0.15) is 16.8 Å². The van der Waals surface area contributed by atoms with Gasteiger partial charge in [0.1, 0.15) is 5.82 Å². The molecular weight excluding hydrogens is 280 g/mol. The van der Waals surface area contributed by atoms with Crippen LogP contribution in [0.15, 0.2) is 24.3 Å². The van der Waals surface area contributed by atoms with Crippen LogP contribution in [-0.2, 0) is 4.79 Å². The second-order valence-corrected chi connectivity index (χ2v) is 3.84. The number of carbonyl (C=O) groups excluding carboxylic acids is 2. The Morgan fingerprint density at radius 3 is 2.25 bits per heavy atom. The van der Waals surface area contributed by atoms with E-state index in [1.165, 1.54) is 18.2 Å². The predicted molar refractivity (Wildman–Crippen MR) is 62.4 cm³/mol.